The standard InChI is InChI=1S/C21H24N4O/c1-2-19(17-9-5-3-6-10-17)24-20-13-14-22-21(25-20)23-15-16-26-18-11-7-4-8-12-18/h3-14,19H,2,15-16H2,1H3,(H2,22,23,24,25). The van der Waals surface area contributed by atoms with Gasteiger partial charge in [-0.25, -0.2) is 4.98 Å². The summed E-state index contributed by atoms with van der Waals surface area (Å²) >= 11 is 0. The second-order valence-corrected chi connectivity index (χ2v) is 5.87. The first-order valence-electron chi connectivity index (χ1n) is 8.91. The van der Waals surface area contributed by atoms with Gasteiger partial charge in [0, 0.05) is 6.20 Å². The average molecular weight is 348 g/mol. The van der Waals surface area contributed by atoms with Crippen molar-refractivity contribution in [1.82, 2.24) is 9.97 Å². The minimum Gasteiger partial charge on any atom is -0.492 e. The Hall–Kier alpha value is -3.08. The molecule has 0 saturated carbocycles. The number of rotatable bonds is 9. The van der Waals surface area contributed by atoms with Crippen molar-refractivity contribution in [3.8, 4) is 5.75 Å². The van der Waals surface area contributed by atoms with Crippen molar-refractivity contribution >= 4 is 11.8 Å². The van der Waals surface area contributed by atoms with Gasteiger partial charge in [0.2, 0.25) is 5.95 Å². The normalized spacial score (nSPS) is 11.6. The molecular weight excluding hydrogens is 324 g/mol. The summed E-state index contributed by atoms with van der Waals surface area (Å²) in [5.74, 6) is 2.26. The third-order valence-electron chi connectivity index (χ3n) is 3.98. The third kappa shape index (κ3) is 5.21. The van der Waals surface area contributed by atoms with Gasteiger partial charge in [-0.05, 0) is 30.2 Å². The molecule has 26 heavy (non-hydrogen) atoms. The summed E-state index contributed by atoms with van der Waals surface area (Å²) in [6, 6.07) is 22.3. The number of benzene rings is 2. The van der Waals surface area contributed by atoms with Crippen molar-refractivity contribution in [2.24, 2.45) is 0 Å². The van der Waals surface area contributed by atoms with Crippen molar-refractivity contribution in [1.29, 1.82) is 0 Å². The summed E-state index contributed by atoms with van der Waals surface area (Å²) < 4.78 is 5.66. The Morgan fingerprint density at radius 1 is 0.962 bits per heavy atom. The van der Waals surface area contributed by atoms with Crippen molar-refractivity contribution in [2.75, 3.05) is 23.8 Å². The van der Waals surface area contributed by atoms with E-state index in [1.165, 1.54) is 5.56 Å². The van der Waals surface area contributed by atoms with E-state index in [1.807, 2.05) is 42.5 Å². The van der Waals surface area contributed by atoms with Crippen LogP contribution in [0.2, 0.25) is 0 Å². The summed E-state index contributed by atoms with van der Waals surface area (Å²) in [5, 5.41) is 6.68. The van der Waals surface area contributed by atoms with Crippen LogP contribution in [0, 0.1) is 0 Å². The Morgan fingerprint density at radius 3 is 2.42 bits per heavy atom. The molecule has 0 aliphatic heterocycles. The first-order chi connectivity index (χ1) is 12.8. The number of anilines is 2. The first-order valence-corrected chi connectivity index (χ1v) is 8.91. The Morgan fingerprint density at radius 2 is 1.69 bits per heavy atom. The zero-order chi connectivity index (χ0) is 18.0. The van der Waals surface area contributed by atoms with Gasteiger partial charge >= 0.3 is 0 Å². The van der Waals surface area contributed by atoms with Crippen LogP contribution >= 0.6 is 0 Å². The van der Waals surface area contributed by atoms with Crippen LogP contribution in [0.25, 0.3) is 0 Å². The van der Waals surface area contributed by atoms with Gasteiger partial charge in [-0.1, -0.05) is 55.5 Å². The van der Waals surface area contributed by atoms with Gasteiger partial charge < -0.3 is 15.4 Å². The Bertz CT molecular complexity index is 780. The first kappa shape index (κ1) is 17.7. The number of ether oxygens (including phenoxy) is 1. The van der Waals surface area contributed by atoms with Gasteiger partial charge in [0.25, 0.3) is 0 Å². The monoisotopic (exact) mass is 348 g/mol. The van der Waals surface area contributed by atoms with Crippen LogP contribution in [0.1, 0.15) is 24.9 Å². The Labute approximate surface area is 154 Å². The molecule has 1 aromatic heterocycles. The van der Waals surface area contributed by atoms with E-state index in [2.05, 4.69) is 51.8 Å². The van der Waals surface area contributed by atoms with E-state index in [1.54, 1.807) is 6.20 Å². The second-order valence-electron chi connectivity index (χ2n) is 5.87. The Kier molecular flexibility index (Phi) is 6.42. The molecule has 5 heteroatoms. The van der Waals surface area contributed by atoms with E-state index in [-0.39, 0.29) is 6.04 Å². The maximum atomic E-state index is 5.66. The minimum atomic E-state index is 0.223. The summed E-state index contributed by atoms with van der Waals surface area (Å²) in [7, 11) is 0. The number of nitrogens with one attached hydrogen (secondary N) is 2. The van der Waals surface area contributed by atoms with E-state index in [4.69, 9.17) is 4.74 Å². The van der Waals surface area contributed by atoms with Crippen LogP contribution in [0.4, 0.5) is 11.8 Å². The molecule has 2 aromatic carbocycles. The topological polar surface area (TPSA) is 59.1 Å². The summed E-state index contributed by atoms with van der Waals surface area (Å²) in [6.45, 7) is 3.34. The molecule has 0 spiro atoms. The van der Waals surface area contributed by atoms with Crippen LogP contribution < -0.4 is 15.4 Å². The highest BCUT2D eigenvalue weighted by molar-refractivity contribution is 5.42. The highest BCUT2D eigenvalue weighted by Gasteiger charge is 2.09. The molecule has 0 aliphatic carbocycles. The number of hydrogen-bond acceptors (Lipinski definition) is 5. The van der Waals surface area contributed by atoms with Gasteiger partial charge in [0.05, 0.1) is 12.6 Å². The lowest BCUT2D eigenvalue weighted by atomic mass is 10.0. The van der Waals surface area contributed by atoms with E-state index in [9.17, 15) is 0 Å². The third-order valence-corrected chi connectivity index (χ3v) is 3.98. The fraction of sp³-hybridized carbons (Fsp3) is 0.238. The van der Waals surface area contributed by atoms with Gasteiger partial charge in [0.1, 0.15) is 18.2 Å². The zero-order valence-corrected chi connectivity index (χ0v) is 14.9. The number of nitrogens with zero attached hydrogens (tertiary/aromatic N) is 2. The van der Waals surface area contributed by atoms with Crippen LogP contribution in [0.15, 0.2) is 72.9 Å². The van der Waals surface area contributed by atoms with Crippen LogP contribution in [-0.2, 0) is 0 Å². The number of aromatic nitrogens is 2. The van der Waals surface area contributed by atoms with Gasteiger partial charge in [-0.2, -0.15) is 4.98 Å². The fourth-order valence-corrected chi connectivity index (χ4v) is 2.66. The van der Waals surface area contributed by atoms with Crippen molar-refractivity contribution < 1.29 is 4.74 Å². The minimum absolute atomic E-state index is 0.223. The maximum absolute atomic E-state index is 5.66. The summed E-state index contributed by atoms with van der Waals surface area (Å²) in [5.41, 5.74) is 1.25. The number of para-hydroxylation sites is 1. The predicted molar refractivity (Wildman–Crippen MR) is 106 cm³/mol. The SMILES string of the molecule is CCC(Nc1ccnc(NCCOc2ccccc2)n1)c1ccccc1. The molecule has 1 unspecified atom stereocenters. The molecule has 0 aliphatic rings. The molecule has 134 valence electrons. The summed E-state index contributed by atoms with van der Waals surface area (Å²) in [4.78, 5) is 8.81. The second kappa shape index (κ2) is 9.42. The van der Waals surface area contributed by atoms with Crippen molar-refractivity contribution in [2.45, 2.75) is 19.4 Å². The molecule has 0 amide bonds. The van der Waals surface area contributed by atoms with Crippen molar-refractivity contribution in [3.63, 3.8) is 0 Å². The lowest BCUT2D eigenvalue weighted by molar-refractivity contribution is 0.332. The molecule has 3 rings (SSSR count). The Balaban J connectivity index is 1.52. The average Bonchev–Trinajstić information content (AvgIpc) is 2.71. The fourth-order valence-electron chi connectivity index (χ4n) is 2.66. The van der Waals surface area contributed by atoms with E-state index >= 15 is 0 Å². The maximum Gasteiger partial charge on any atom is 0.224 e. The lowest BCUT2D eigenvalue weighted by Gasteiger charge is -2.18. The van der Waals surface area contributed by atoms with Gasteiger partial charge in [-0.15, -0.1) is 0 Å². The number of hydrogen-bond donors (Lipinski definition) is 2. The highest BCUT2D eigenvalue weighted by atomic mass is 16.5. The van der Waals surface area contributed by atoms with E-state index in [0.717, 1.165) is 18.0 Å². The molecule has 3 aromatic rings. The highest BCUT2D eigenvalue weighted by Crippen LogP contribution is 2.21. The van der Waals surface area contributed by atoms with Crippen LogP contribution in [-0.4, -0.2) is 23.1 Å². The molecule has 1 heterocycles. The quantitative estimate of drug-likeness (QED) is 0.556. The van der Waals surface area contributed by atoms with Gasteiger partial charge in [-0.3, -0.25) is 0 Å². The largest absolute Gasteiger partial charge is 0.492 e. The molecule has 2 N–H and O–H groups in total. The predicted octanol–water partition coefficient (Wildman–Crippen LogP) is 4.53. The van der Waals surface area contributed by atoms with Crippen LogP contribution in [0.5, 0.6) is 5.75 Å². The summed E-state index contributed by atoms with van der Waals surface area (Å²) in [6.07, 6.45) is 2.73. The molecule has 0 radical (unpaired) electrons. The molecule has 0 fully saturated rings. The molecule has 1 atom stereocenters. The van der Waals surface area contributed by atoms with Crippen LogP contribution in [0.3, 0.4) is 0 Å². The molecule has 0 bridgehead atoms. The van der Waals surface area contributed by atoms with Crippen molar-refractivity contribution in [3.05, 3.63) is 78.5 Å². The smallest absolute Gasteiger partial charge is 0.224 e. The molecule has 5 nitrogen and oxygen atoms in total. The van der Waals surface area contributed by atoms with E-state index in [0.29, 0.717) is 19.1 Å². The lowest BCUT2D eigenvalue weighted by Crippen LogP contribution is -2.15. The molecule has 0 saturated heterocycles. The van der Waals surface area contributed by atoms with E-state index < -0.39 is 0 Å². The molecular formula is C21H24N4O. The zero-order valence-electron chi connectivity index (χ0n) is 14.9. The van der Waals surface area contributed by atoms with Gasteiger partial charge in [0.15, 0.2) is 0 Å².